The molecule has 0 heterocycles. The van der Waals surface area contributed by atoms with Crippen molar-refractivity contribution >= 4 is 15.9 Å². The predicted octanol–water partition coefficient (Wildman–Crippen LogP) is 3.76. The van der Waals surface area contributed by atoms with Gasteiger partial charge >= 0.3 is 0 Å². The summed E-state index contributed by atoms with van der Waals surface area (Å²) in [5, 5.41) is 0. The van der Waals surface area contributed by atoms with Gasteiger partial charge in [0.15, 0.2) is 0 Å². The first-order chi connectivity index (χ1) is 9.20. The second kappa shape index (κ2) is 6.80. The summed E-state index contributed by atoms with van der Waals surface area (Å²) in [5.74, 6) is -0.267. The lowest BCUT2D eigenvalue weighted by Crippen LogP contribution is -2.02. The first-order valence-corrected chi connectivity index (χ1v) is 6.78. The number of benzene rings is 2. The third-order valence-corrected chi connectivity index (χ3v) is 3.59. The molecule has 4 heteroatoms. The van der Waals surface area contributed by atoms with Gasteiger partial charge in [0.05, 0.1) is 13.2 Å². The van der Waals surface area contributed by atoms with Crippen molar-refractivity contribution in [3.05, 3.63) is 69.4 Å². The molecule has 2 N–H and O–H groups in total. The smallest absolute Gasteiger partial charge is 0.127 e. The third kappa shape index (κ3) is 3.86. The molecule has 2 nitrogen and oxygen atoms in total. The molecular formula is C15H15BrFNO. The Bertz CT molecular complexity index is 560. The van der Waals surface area contributed by atoms with E-state index < -0.39 is 0 Å². The van der Waals surface area contributed by atoms with Crippen LogP contribution < -0.4 is 5.73 Å². The summed E-state index contributed by atoms with van der Waals surface area (Å²) in [6.07, 6.45) is 0. The van der Waals surface area contributed by atoms with Gasteiger partial charge < -0.3 is 10.5 Å². The van der Waals surface area contributed by atoms with Gasteiger partial charge in [0, 0.05) is 16.6 Å². The molecule has 0 amide bonds. The number of halogens is 2. The van der Waals surface area contributed by atoms with Crippen molar-refractivity contribution in [2.75, 3.05) is 0 Å². The van der Waals surface area contributed by atoms with E-state index in [4.69, 9.17) is 10.5 Å². The van der Waals surface area contributed by atoms with Crippen molar-refractivity contribution in [2.45, 2.75) is 19.8 Å². The summed E-state index contributed by atoms with van der Waals surface area (Å²) in [5.41, 5.74) is 8.00. The molecule has 0 aliphatic rings. The Morgan fingerprint density at radius 3 is 2.58 bits per heavy atom. The fourth-order valence-corrected chi connectivity index (χ4v) is 2.17. The summed E-state index contributed by atoms with van der Waals surface area (Å²) >= 11 is 3.47. The third-order valence-electron chi connectivity index (χ3n) is 2.81. The molecule has 0 saturated carbocycles. The standard InChI is InChI=1S/C15H15BrFNO/c16-14-4-2-1-3-12(14)10-19-9-11-5-6-15(17)13(7-11)8-18/h1-7H,8-10,18H2. The highest BCUT2D eigenvalue weighted by Gasteiger charge is 2.03. The predicted molar refractivity (Wildman–Crippen MR) is 76.9 cm³/mol. The van der Waals surface area contributed by atoms with Gasteiger partial charge in [0.2, 0.25) is 0 Å². The van der Waals surface area contributed by atoms with E-state index in [1.54, 1.807) is 12.1 Å². The molecule has 0 atom stereocenters. The second-order valence-electron chi connectivity index (χ2n) is 4.21. The molecule has 0 spiro atoms. The Morgan fingerprint density at radius 2 is 1.84 bits per heavy atom. The van der Waals surface area contributed by atoms with Crippen LogP contribution in [0.2, 0.25) is 0 Å². The van der Waals surface area contributed by atoms with E-state index in [1.807, 2.05) is 24.3 Å². The maximum Gasteiger partial charge on any atom is 0.127 e. The molecule has 0 fully saturated rings. The van der Waals surface area contributed by atoms with Crippen LogP contribution in [0.25, 0.3) is 0 Å². The maximum absolute atomic E-state index is 13.3. The second-order valence-corrected chi connectivity index (χ2v) is 5.07. The van der Waals surface area contributed by atoms with Gasteiger partial charge in [-0.25, -0.2) is 4.39 Å². The minimum atomic E-state index is -0.267. The van der Waals surface area contributed by atoms with Gasteiger partial charge in [0.1, 0.15) is 5.82 Å². The minimum absolute atomic E-state index is 0.198. The number of ether oxygens (including phenoxy) is 1. The molecule has 0 radical (unpaired) electrons. The van der Waals surface area contributed by atoms with E-state index in [1.165, 1.54) is 6.07 Å². The van der Waals surface area contributed by atoms with Crippen LogP contribution >= 0.6 is 15.9 Å². The highest BCUT2D eigenvalue weighted by Crippen LogP contribution is 2.17. The van der Waals surface area contributed by atoms with Crippen LogP contribution in [0.3, 0.4) is 0 Å². The van der Waals surface area contributed by atoms with Gasteiger partial charge in [-0.2, -0.15) is 0 Å². The lowest BCUT2D eigenvalue weighted by Gasteiger charge is -2.08. The molecule has 19 heavy (non-hydrogen) atoms. The number of rotatable bonds is 5. The van der Waals surface area contributed by atoms with Crippen molar-refractivity contribution in [2.24, 2.45) is 5.73 Å². The first-order valence-electron chi connectivity index (χ1n) is 5.99. The summed E-state index contributed by atoms with van der Waals surface area (Å²) in [7, 11) is 0. The average Bonchev–Trinajstić information content (AvgIpc) is 2.43. The van der Waals surface area contributed by atoms with E-state index in [2.05, 4.69) is 15.9 Å². The zero-order valence-electron chi connectivity index (χ0n) is 10.4. The number of nitrogens with two attached hydrogens (primary N) is 1. The first kappa shape index (κ1) is 14.2. The Labute approximate surface area is 120 Å². The Kier molecular flexibility index (Phi) is 5.07. The molecule has 2 aromatic rings. The van der Waals surface area contributed by atoms with E-state index in [-0.39, 0.29) is 12.4 Å². The topological polar surface area (TPSA) is 35.2 Å². The minimum Gasteiger partial charge on any atom is -0.372 e. The van der Waals surface area contributed by atoms with Crippen LogP contribution in [-0.4, -0.2) is 0 Å². The van der Waals surface area contributed by atoms with Crippen LogP contribution in [0.15, 0.2) is 46.9 Å². The van der Waals surface area contributed by atoms with E-state index in [9.17, 15) is 4.39 Å². The molecule has 100 valence electrons. The van der Waals surface area contributed by atoms with Gasteiger partial charge in [-0.15, -0.1) is 0 Å². The van der Waals surface area contributed by atoms with E-state index in [0.717, 1.165) is 15.6 Å². The summed E-state index contributed by atoms with van der Waals surface area (Å²) in [6, 6.07) is 12.8. The molecule has 2 aromatic carbocycles. The molecule has 0 unspecified atom stereocenters. The molecular weight excluding hydrogens is 309 g/mol. The SMILES string of the molecule is NCc1cc(COCc2ccccc2Br)ccc1F. The zero-order valence-corrected chi connectivity index (χ0v) is 12.0. The summed E-state index contributed by atoms with van der Waals surface area (Å²) in [4.78, 5) is 0. The van der Waals surface area contributed by atoms with Crippen molar-refractivity contribution in [3.63, 3.8) is 0 Å². The van der Waals surface area contributed by atoms with Gasteiger partial charge in [-0.1, -0.05) is 40.2 Å². The highest BCUT2D eigenvalue weighted by molar-refractivity contribution is 9.10. The molecule has 0 aromatic heterocycles. The fraction of sp³-hybridized carbons (Fsp3) is 0.200. The van der Waals surface area contributed by atoms with Crippen LogP contribution in [0, 0.1) is 5.82 Å². The van der Waals surface area contributed by atoms with Crippen LogP contribution in [0.5, 0.6) is 0 Å². The molecule has 0 bridgehead atoms. The van der Waals surface area contributed by atoms with E-state index >= 15 is 0 Å². The lowest BCUT2D eigenvalue weighted by molar-refractivity contribution is 0.106. The summed E-state index contributed by atoms with van der Waals surface area (Å²) < 4.78 is 19.9. The fourth-order valence-electron chi connectivity index (χ4n) is 1.77. The molecule has 0 aliphatic heterocycles. The van der Waals surface area contributed by atoms with Crippen LogP contribution in [-0.2, 0) is 24.5 Å². The Morgan fingerprint density at radius 1 is 1.05 bits per heavy atom. The van der Waals surface area contributed by atoms with Gasteiger partial charge in [0.25, 0.3) is 0 Å². The number of hydrogen-bond acceptors (Lipinski definition) is 2. The van der Waals surface area contributed by atoms with Gasteiger partial charge in [-0.05, 0) is 29.3 Å². The zero-order chi connectivity index (χ0) is 13.7. The highest BCUT2D eigenvalue weighted by atomic mass is 79.9. The van der Waals surface area contributed by atoms with Crippen molar-refractivity contribution < 1.29 is 9.13 Å². The lowest BCUT2D eigenvalue weighted by atomic mass is 10.1. The molecule has 0 saturated heterocycles. The maximum atomic E-state index is 13.3. The van der Waals surface area contributed by atoms with E-state index in [0.29, 0.717) is 18.8 Å². The Hall–Kier alpha value is -1.23. The molecule has 0 aliphatic carbocycles. The quantitative estimate of drug-likeness (QED) is 0.909. The van der Waals surface area contributed by atoms with Crippen LogP contribution in [0.4, 0.5) is 4.39 Å². The normalized spacial score (nSPS) is 10.7. The molecule has 2 rings (SSSR count). The largest absolute Gasteiger partial charge is 0.372 e. The van der Waals surface area contributed by atoms with Crippen molar-refractivity contribution in [3.8, 4) is 0 Å². The monoisotopic (exact) mass is 323 g/mol. The van der Waals surface area contributed by atoms with Gasteiger partial charge in [-0.3, -0.25) is 0 Å². The number of hydrogen-bond donors (Lipinski definition) is 1. The summed E-state index contributed by atoms with van der Waals surface area (Å²) in [6.45, 7) is 1.15. The Balaban J connectivity index is 1.94. The average molecular weight is 324 g/mol. The van der Waals surface area contributed by atoms with Crippen molar-refractivity contribution in [1.82, 2.24) is 0 Å². The van der Waals surface area contributed by atoms with Crippen molar-refractivity contribution in [1.29, 1.82) is 0 Å². The van der Waals surface area contributed by atoms with Crippen LogP contribution in [0.1, 0.15) is 16.7 Å².